The number of aromatic nitrogens is 2. The number of nitrogens with two attached hydrogens (primary N) is 4. The molecule has 0 fully saturated rings. The van der Waals surface area contributed by atoms with E-state index in [2.05, 4.69) is 9.73 Å². The van der Waals surface area contributed by atoms with Crippen LogP contribution in [-0.4, -0.2) is 63.4 Å². The van der Waals surface area contributed by atoms with E-state index in [4.69, 9.17) is 22.9 Å². The van der Waals surface area contributed by atoms with Gasteiger partial charge in [-0.1, -0.05) is 0 Å². The molecule has 242 valence electrons. The number of aliphatic imine (C=N–C) groups is 1. The molecule has 0 bridgehead atoms. The largest absolute Gasteiger partial charge is 0.465 e. The number of nitrogen functional groups attached to an aromatic ring is 2. The van der Waals surface area contributed by atoms with Crippen LogP contribution >= 0.6 is 0 Å². The number of guanidine groups is 1. The molecule has 16 nitrogen and oxygen atoms in total. The number of esters is 1. The number of anilines is 2. The Bertz CT molecular complexity index is 2180. The van der Waals surface area contributed by atoms with Crippen molar-refractivity contribution in [3.8, 4) is 11.4 Å². The number of benzene rings is 2. The number of carbonyl (C=O) groups excluding carboxylic acids is 2. The lowest BCUT2D eigenvalue weighted by Crippen LogP contribution is -2.24. The Labute approximate surface area is 262 Å². The molecule has 0 radical (unpaired) electrons. The number of ether oxygens (including phenoxy) is 1. The number of methoxy groups -OCH3 is 1. The molecule has 0 spiro atoms. The monoisotopic (exact) mass is 671 g/mol. The number of sulfone groups is 2. The summed E-state index contributed by atoms with van der Waals surface area (Å²) in [6.45, 7) is 0. The normalized spacial score (nSPS) is 11.1. The summed E-state index contributed by atoms with van der Waals surface area (Å²) < 4.78 is 55.6. The van der Waals surface area contributed by atoms with Crippen LogP contribution in [0.15, 0.2) is 97.7 Å². The third kappa shape index (κ3) is 8.24. The molecule has 1 amide bonds. The van der Waals surface area contributed by atoms with Gasteiger partial charge in [0.15, 0.2) is 36.5 Å². The van der Waals surface area contributed by atoms with Crippen LogP contribution in [0.3, 0.4) is 0 Å². The summed E-state index contributed by atoms with van der Waals surface area (Å²) in [5.74, 6) is -2.05. The van der Waals surface area contributed by atoms with Crippen molar-refractivity contribution in [2.24, 2.45) is 16.5 Å². The van der Waals surface area contributed by atoms with Gasteiger partial charge < -0.3 is 36.8 Å². The van der Waals surface area contributed by atoms with Crippen molar-refractivity contribution in [3.05, 3.63) is 105 Å². The summed E-state index contributed by atoms with van der Waals surface area (Å²) in [5.41, 5.74) is 21.8. The summed E-state index contributed by atoms with van der Waals surface area (Å²) in [4.78, 5) is 49.1. The molecule has 0 saturated heterocycles. The zero-order valence-electron chi connectivity index (χ0n) is 24.6. The Morgan fingerprint density at radius 3 is 1.41 bits per heavy atom. The van der Waals surface area contributed by atoms with Gasteiger partial charge in [-0.15, -0.1) is 0 Å². The summed E-state index contributed by atoms with van der Waals surface area (Å²) >= 11 is 0. The number of amides is 1. The highest BCUT2D eigenvalue weighted by Crippen LogP contribution is 2.28. The molecule has 0 aliphatic heterocycles. The minimum absolute atomic E-state index is 0.00824. The molecule has 18 heteroatoms. The predicted octanol–water partition coefficient (Wildman–Crippen LogP) is -0.153. The molecule has 0 atom stereocenters. The minimum Gasteiger partial charge on any atom is -0.465 e. The fourth-order valence-electron chi connectivity index (χ4n) is 3.96. The molecule has 4 aromatic rings. The van der Waals surface area contributed by atoms with E-state index in [1.807, 2.05) is 0 Å². The Hall–Kier alpha value is -5.75. The number of pyridine rings is 2. The summed E-state index contributed by atoms with van der Waals surface area (Å²) in [6.07, 6.45) is 7.63. The number of rotatable bonds is 6. The minimum atomic E-state index is -3.71. The highest BCUT2D eigenvalue weighted by atomic mass is 32.2. The van der Waals surface area contributed by atoms with Crippen LogP contribution in [0, 0.1) is 0 Å². The van der Waals surface area contributed by atoms with Gasteiger partial charge in [-0.2, -0.15) is 4.99 Å². The highest BCUT2D eigenvalue weighted by Gasteiger charge is 2.22. The quantitative estimate of drug-likeness (QED) is 0.0899. The van der Waals surface area contributed by atoms with Crippen molar-refractivity contribution in [3.63, 3.8) is 0 Å². The third-order valence-electron chi connectivity index (χ3n) is 6.08. The molecule has 2 aromatic carbocycles. The topological polar surface area (TPSA) is 272 Å². The maximum atomic E-state index is 12.1. The standard InChI is InChI=1S/C14H15N5O4S.C14H14N2O5S/c1-24(22,23)12-6-9(13(21)18-14(16)17)10(15)7-11(12)19-4-2-8(20)3-5-19;1-21-14(18)10-7-13(22(2,19)20)12(8-11(10)15)16-5-3-9(17)4-6-16/h2-7H,15H2,1H3,(H4,16,17,18,21);3-8H,15H2,1-2H3. The Morgan fingerprint density at radius 2 is 1.07 bits per heavy atom. The van der Waals surface area contributed by atoms with Gasteiger partial charge in [0.05, 0.1) is 39.4 Å². The molecule has 2 heterocycles. The first-order valence-corrected chi connectivity index (χ1v) is 16.5. The molecule has 4 rings (SSSR count). The molecule has 2 aromatic heterocycles. The van der Waals surface area contributed by atoms with Crippen molar-refractivity contribution in [2.75, 3.05) is 31.1 Å². The zero-order valence-corrected chi connectivity index (χ0v) is 26.2. The van der Waals surface area contributed by atoms with Crippen molar-refractivity contribution >= 4 is 48.9 Å². The summed E-state index contributed by atoms with van der Waals surface area (Å²) in [5, 5.41) is 0. The molecule has 0 unspecified atom stereocenters. The molecule has 8 N–H and O–H groups in total. The first-order valence-electron chi connectivity index (χ1n) is 12.7. The van der Waals surface area contributed by atoms with Crippen LogP contribution in [0.1, 0.15) is 20.7 Å². The van der Waals surface area contributed by atoms with Crippen molar-refractivity contribution in [1.29, 1.82) is 0 Å². The van der Waals surface area contributed by atoms with Gasteiger partial charge in [0.1, 0.15) is 0 Å². The maximum absolute atomic E-state index is 12.1. The smallest absolute Gasteiger partial charge is 0.340 e. The van der Waals surface area contributed by atoms with Crippen molar-refractivity contribution in [1.82, 2.24) is 9.13 Å². The van der Waals surface area contributed by atoms with Gasteiger partial charge >= 0.3 is 5.97 Å². The number of hydrogen-bond acceptors (Lipinski definition) is 11. The molecular weight excluding hydrogens is 642 g/mol. The van der Waals surface area contributed by atoms with E-state index in [1.54, 1.807) is 0 Å². The van der Waals surface area contributed by atoms with Crippen molar-refractivity contribution < 1.29 is 31.2 Å². The average molecular weight is 672 g/mol. The van der Waals surface area contributed by atoms with Gasteiger partial charge in [-0.05, 0) is 24.3 Å². The van der Waals surface area contributed by atoms with E-state index in [-0.39, 0.29) is 54.5 Å². The summed E-state index contributed by atoms with van der Waals surface area (Å²) in [6, 6.07) is 10.0. The van der Waals surface area contributed by atoms with E-state index in [9.17, 15) is 36.0 Å². The van der Waals surface area contributed by atoms with E-state index in [0.717, 1.165) is 18.6 Å². The molecule has 0 aliphatic carbocycles. The Kier molecular flexibility index (Phi) is 10.2. The fraction of sp³-hybridized carbons (Fsp3) is 0.107. The number of carbonyl (C=O) groups is 2. The van der Waals surface area contributed by atoms with Crippen LogP contribution in [-0.2, 0) is 24.4 Å². The van der Waals surface area contributed by atoms with Crippen LogP contribution < -0.4 is 33.8 Å². The summed E-state index contributed by atoms with van der Waals surface area (Å²) in [7, 11) is -6.17. The van der Waals surface area contributed by atoms with Gasteiger partial charge in [0, 0.05) is 72.9 Å². The Balaban J connectivity index is 0.000000251. The molecule has 0 saturated carbocycles. The highest BCUT2D eigenvalue weighted by molar-refractivity contribution is 7.91. The predicted molar refractivity (Wildman–Crippen MR) is 171 cm³/mol. The van der Waals surface area contributed by atoms with Crippen LogP contribution in [0.2, 0.25) is 0 Å². The number of hydrogen-bond donors (Lipinski definition) is 4. The first-order chi connectivity index (χ1) is 21.3. The van der Waals surface area contributed by atoms with Crippen LogP contribution in [0.4, 0.5) is 11.4 Å². The van der Waals surface area contributed by atoms with Gasteiger partial charge in [0.2, 0.25) is 0 Å². The van der Waals surface area contributed by atoms with Gasteiger partial charge in [0.25, 0.3) is 5.91 Å². The lowest BCUT2D eigenvalue weighted by atomic mass is 10.1. The lowest BCUT2D eigenvalue weighted by molar-refractivity contribution is 0.0601. The maximum Gasteiger partial charge on any atom is 0.340 e. The second-order valence-electron chi connectivity index (χ2n) is 9.57. The molecular formula is C28H29N7O9S2. The number of nitrogens with zero attached hydrogens (tertiary/aromatic N) is 3. The molecule has 0 aliphatic rings. The molecule has 46 heavy (non-hydrogen) atoms. The SMILES string of the molecule is COC(=O)c1cc(S(C)(=O)=O)c(-n2ccc(=O)cc2)cc1N.CS(=O)(=O)c1cc(C(=O)N=C(N)N)c(N)cc1-n1ccc(=O)cc1. The Morgan fingerprint density at radius 1 is 0.696 bits per heavy atom. The average Bonchev–Trinajstić information content (AvgIpc) is 2.96. The zero-order chi connectivity index (χ0) is 34.6. The van der Waals surface area contributed by atoms with Crippen molar-refractivity contribution in [2.45, 2.75) is 9.79 Å². The second kappa shape index (κ2) is 13.5. The van der Waals surface area contributed by atoms with E-state index in [0.29, 0.717) is 0 Å². The van der Waals surface area contributed by atoms with Gasteiger partial charge in [-0.25, -0.2) is 21.6 Å². The van der Waals surface area contributed by atoms with E-state index < -0.39 is 37.5 Å². The second-order valence-corrected chi connectivity index (χ2v) is 13.5. The van der Waals surface area contributed by atoms with Gasteiger partial charge in [-0.3, -0.25) is 14.4 Å². The first kappa shape index (κ1) is 34.7. The van der Waals surface area contributed by atoms with E-state index >= 15 is 0 Å². The van der Waals surface area contributed by atoms with Crippen LogP contribution in [0.5, 0.6) is 0 Å². The van der Waals surface area contributed by atoms with Crippen LogP contribution in [0.25, 0.3) is 11.4 Å². The fourth-order valence-corrected chi connectivity index (χ4v) is 5.72. The third-order valence-corrected chi connectivity index (χ3v) is 8.33. The van der Waals surface area contributed by atoms with E-state index in [1.165, 1.54) is 83.5 Å². The lowest BCUT2D eigenvalue weighted by Gasteiger charge is -2.14.